The summed E-state index contributed by atoms with van der Waals surface area (Å²) in [5.41, 5.74) is 3.14. The Bertz CT molecular complexity index is 1010. The summed E-state index contributed by atoms with van der Waals surface area (Å²) < 4.78 is 18.5. The number of hydrogen-bond donors (Lipinski definition) is 0. The summed E-state index contributed by atoms with van der Waals surface area (Å²) >= 11 is 0. The Morgan fingerprint density at radius 1 is 1.14 bits per heavy atom. The highest BCUT2D eigenvalue weighted by molar-refractivity contribution is 5.94. The number of rotatable bonds is 4. The summed E-state index contributed by atoms with van der Waals surface area (Å²) in [4.78, 5) is 23.9. The number of carbonyl (C=O) groups is 1. The number of halogens is 1. The van der Waals surface area contributed by atoms with Crippen LogP contribution in [0.25, 0.3) is 11.3 Å². The van der Waals surface area contributed by atoms with Crippen LogP contribution in [0.2, 0.25) is 0 Å². The van der Waals surface area contributed by atoms with E-state index in [0.29, 0.717) is 18.7 Å². The van der Waals surface area contributed by atoms with Crippen molar-refractivity contribution in [3.8, 4) is 17.0 Å². The van der Waals surface area contributed by atoms with Crippen LogP contribution < -0.4 is 4.74 Å². The summed E-state index contributed by atoms with van der Waals surface area (Å²) in [5, 5.41) is 0. The number of amides is 1. The molecule has 4 rings (SSSR count). The van der Waals surface area contributed by atoms with E-state index in [1.807, 2.05) is 29.2 Å². The van der Waals surface area contributed by atoms with E-state index in [1.54, 1.807) is 19.5 Å². The van der Waals surface area contributed by atoms with Gasteiger partial charge >= 0.3 is 0 Å². The molecule has 0 unspecified atom stereocenters. The molecule has 2 aromatic carbocycles. The van der Waals surface area contributed by atoms with Gasteiger partial charge in [-0.25, -0.2) is 4.39 Å². The number of likely N-dealkylation sites (tertiary alicyclic amines) is 1. The molecule has 0 spiro atoms. The van der Waals surface area contributed by atoms with Crippen LogP contribution in [0.4, 0.5) is 4.39 Å². The van der Waals surface area contributed by atoms with Crippen molar-refractivity contribution in [2.75, 3.05) is 20.2 Å². The van der Waals surface area contributed by atoms with Crippen LogP contribution in [-0.4, -0.2) is 41.0 Å². The van der Waals surface area contributed by atoms with Crippen molar-refractivity contribution in [1.82, 2.24) is 14.9 Å². The Kier molecular flexibility index (Phi) is 5.51. The lowest BCUT2D eigenvalue weighted by molar-refractivity contribution is 0.0706. The van der Waals surface area contributed by atoms with Gasteiger partial charge in [-0.05, 0) is 49.2 Å². The molecule has 1 aromatic heterocycles. The zero-order valence-corrected chi connectivity index (χ0v) is 16.2. The van der Waals surface area contributed by atoms with Gasteiger partial charge < -0.3 is 9.64 Å². The van der Waals surface area contributed by atoms with Crippen LogP contribution in [0.3, 0.4) is 0 Å². The Balaban J connectivity index is 1.60. The number of benzene rings is 2. The molecule has 148 valence electrons. The fourth-order valence-electron chi connectivity index (χ4n) is 3.80. The van der Waals surface area contributed by atoms with E-state index >= 15 is 0 Å². The summed E-state index contributed by atoms with van der Waals surface area (Å²) in [6, 6.07) is 13.5. The van der Waals surface area contributed by atoms with Crippen LogP contribution >= 0.6 is 0 Å². The number of aromatic nitrogens is 2. The van der Waals surface area contributed by atoms with Crippen molar-refractivity contribution in [2.45, 2.75) is 18.8 Å². The van der Waals surface area contributed by atoms with E-state index in [2.05, 4.69) is 9.97 Å². The standard InChI is InChI=1S/C23H22FN3O2/c1-29-20-6-2-4-17(14-20)21-22(26-12-11-25-21)18-5-3-13-27(15-18)23(28)16-7-9-19(24)10-8-16/h2,4,6-12,14,18H,3,5,13,15H2,1H3/t18-/m0/s1. The van der Waals surface area contributed by atoms with Crippen molar-refractivity contribution in [3.05, 3.63) is 78.0 Å². The van der Waals surface area contributed by atoms with Crippen molar-refractivity contribution in [3.63, 3.8) is 0 Å². The SMILES string of the molecule is COc1cccc(-c2nccnc2[C@H]2CCCN(C(=O)c3ccc(F)cc3)C2)c1. The molecular formula is C23H22FN3O2. The smallest absolute Gasteiger partial charge is 0.253 e. The molecule has 0 bridgehead atoms. The first-order valence-corrected chi connectivity index (χ1v) is 9.66. The molecule has 0 aliphatic carbocycles. The first kappa shape index (κ1) is 19.1. The predicted octanol–water partition coefficient (Wildman–Crippen LogP) is 4.31. The van der Waals surface area contributed by atoms with Crippen LogP contribution in [-0.2, 0) is 0 Å². The third-order valence-corrected chi connectivity index (χ3v) is 5.26. The van der Waals surface area contributed by atoms with Crippen LogP contribution in [0.15, 0.2) is 60.9 Å². The lowest BCUT2D eigenvalue weighted by atomic mass is 9.91. The summed E-state index contributed by atoms with van der Waals surface area (Å²) in [6.45, 7) is 1.24. The zero-order chi connectivity index (χ0) is 20.2. The summed E-state index contributed by atoms with van der Waals surface area (Å²) in [6.07, 6.45) is 5.19. The normalized spacial score (nSPS) is 16.5. The molecule has 1 aliphatic rings. The first-order valence-electron chi connectivity index (χ1n) is 9.66. The zero-order valence-electron chi connectivity index (χ0n) is 16.2. The lowest BCUT2D eigenvalue weighted by Crippen LogP contribution is -2.39. The topological polar surface area (TPSA) is 55.3 Å². The number of ether oxygens (including phenoxy) is 1. The van der Waals surface area contributed by atoms with Crippen molar-refractivity contribution >= 4 is 5.91 Å². The lowest BCUT2D eigenvalue weighted by Gasteiger charge is -2.33. The van der Waals surface area contributed by atoms with E-state index in [4.69, 9.17) is 4.74 Å². The molecule has 1 saturated heterocycles. The molecule has 2 heterocycles. The first-order chi connectivity index (χ1) is 14.2. The van der Waals surface area contributed by atoms with E-state index in [1.165, 1.54) is 24.3 Å². The highest BCUT2D eigenvalue weighted by Crippen LogP contribution is 2.33. The fraction of sp³-hybridized carbons (Fsp3) is 0.261. The summed E-state index contributed by atoms with van der Waals surface area (Å²) in [5.74, 6) is 0.418. The highest BCUT2D eigenvalue weighted by Gasteiger charge is 2.28. The monoisotopic (exact) mass is 391 g/mol. The van der Waals surface area contributed by atoms with Crippen molar-refractivity contribution in [1.29, 1.82) is 0 Å². The average Bonchev–Trinajstić information content (AvgIpc) is 2.79. The van der Waals surface area contributed by atoms with Crippen LogP contribution in [0, 0.1) is 5.82 Å². The number of nitrogens with zero attached hydrogens (tertiary/aromatic N) is 3. The van der Waals surface area contributed by atoms with Gasteiger partial charge in [0.1, 0.15) is 11.6 Å². The minimum absolute atomic E-state index is 0.0819. The molecule has 1 amide bonds. The molecule has 3 aromatic rings. The van der Waals surface area contributed by atoms with Gasteiger partial charge in [0.05, 0.1) is 18.5 Å². The fourth-order valence-corrected chi connectivity index (χ4v) is 3.80. The Labute approximate surface area is 169 Å². The molecule has 0 N–H and O–H groups in total. The molecule has 29 heavy (non-hydrogen) atoms. The predicted molar refractivity (Wildman–Crippen MR) is 108 cm³/mol. The molecular weight excluding hydrogens is 369 g/mol. The van der Waals surface area contributed by atoms with Crippen LogP contribution in [0.1, 0.15) is 34.8 Å². The van der Waals surface area contributed by atoms with Gasteiger partial charge in [0.15, 0.2) is 0 Å². The molecule has 0 saturated carbocycles. The second-order valence-electron chi connectivity index (χ2n) is 7.12. The van der Waals surface area contributed by atoms with Gasteiger partial charge in [0.2, 0.25) is 0 Å². The van der Waals surface area contributed by atoms with E-state index in [-0.39, 0.29) is 17.6 Å². The minimum atomic E-state index is -0.347. The van der Waals surface area contributed by atoms with E-state index < -0.39 is 0 Å². The van der Waals surface area contributed by atoms with E-state index in [0.717, 1.165) is 35.5 Å². The maximum atomic E-state index is 13.2. The minimum Gasteiger partial charge on any atom is -0.497 e. The highest BCUT2D eigenvalue weighted by atomic mass is 19.1. The third-order valence-electron chi connectivity index (χ3n) is 5.26. The Morgan fingerprint density at radius 2 is 1.93 bits per heavy atom. The Hall–Kier alpha value is -3.28. The number of carbonyl (C=O) groups excluding carboxylic acids is 1. The Morgan fingerprint density at radius 3 is 2.72 bits per heavy atom. The maximum Gasteiger partial charge on any atom is 0.253 e. The number of methoxy groups -OCH3 is 1. The van der Waals surface area contributed by atoms with Gasteiger partial charge in [-0.1, -0.05) is 12.1 Å². The van der Waals surface area contributed by atoms with Gasteiger partial charge in [0.25, 0.3) is 5.91 Å². The quantitative estimate of drug-likeness (QED) is 0.665. The largest absolute Gasteiger partial charge is 0.497 e. The second kappa shape index (κ2) is 8.39. The number of hydrogen-bond acceptors (Lipinski definition) is 4. The molecule has 5 nitrogen and oxygen atoms in total. The van der Waals surface area contributed by atoms with Gasteiger partial charge in [-0.2, -0.15) is 0 Å². The second-order valence-corrected chi connectivity index (χ2v) is 7.12. The van der Waals surface area contributed by atoms with Gasteiger partial charge in [-0.15, -0.1) is 0 Å². The molecule has 6 heteroatoms. The van der Waals surface area contributed by atoms with Crippen LogP contribution in [0.5, 0.6) is 5.75 Å². The van der Waals surface area contributed by atoms with Crippen molar-refractivity contribution < 1.29 is 13.9 Å². The van der Waals surface area contributed by atoms with Gasteiger partial charge in [-0.3, -0.25) is 14.8 Å². The van der Waals surface area contributed by atoms with Gasteiger partial charge in [0, 0.05) is 42.5 Å². The third kappa shape index (κ3) is 4.11. The van der Waals surface area contributed by atoms with Crippen molar-refractivity contribution in [2.24, 2.45) is 0 Å². The molecule has 0 radical (unpaired) electrons. The summed E-state index contributed by atoms with van der Waals surface area (Å²) in [7, 11) is 1.64. The molecule has 1 aliphatic heterocycles. The molecule has 1 atom stereocenters. The molecule has 1 fully saturated rings. The number of piperidine rings is 1. The average molecular weight is 391 g/mol. The maximum absolute atomic E-state index is 13.2. The van der Waals surface area contributed by atoms with E-state index in [9.17, 15) is 9.18 Å².